The van der Waals surface area contributed by atoms with Gasteiger partial charge in [0.2, 0.25) is 0 Å². The van der Waals surface area contributed by atoms with E-state index in [0.29, 0.717) is 11.8 Å². The van der Waals surface area contributed by atoms with Crippen molar-refractivity contribution >= 4 is 6.29 Å². The Morgan fingerprint density at radius 1 is 1.13 bits per heavy atom. The zero-order valence-electron chi connectivity index (χ0n) is 7.85. The molecule has 0 amide bonds. The predicted octanol–water partition coefficient (Wildman–Crippen LogP) is 2.70. The summed E-state index contributed by atoms with van der Waals surface area (Å²) in [6, 6.07) is 10.6. The second-order valence-electron chi connectivity index (χ2n) is 3.07. The smallest absolute Gasteiger partial charge is 0.171 e. The number of pyridine rings is 1. The van der Waals surface area contributed by atoms with E-state index in [0.717, 1.165) is 5.56 Å². The van der Waals surface area contributed by atoms with Gasteiger partial charge in [0, 0.05) is 11.8 Å². The average Bonchev–Trinajstić information content (AvgIpc) is 2.30. The first kappa shape index (κ1) is 9.52. The maximum atomic E-state index is 13.2. The highest BCUT2D eigenvalue weighted by Crippen LogP contribution is 2.19. The Bertz CT molecular complexity index is 482. The van der Waals surface area contributed by atoms with Crippen molar-refractivity contribution in [2.24, 2.45) is 0 Å². The predicted molar refractivity (Wildman–Crippen MR) is 55.0 cm³/mol. The third-order valence-electron chi connectivity index (χ3n) is 2.09. The number of hydrogen-bond acceptors (Lipinski definition) is 2. The number of aldehydes is 1. The Labute approximate surface area is 86.4 Å². The van der Waals surface area contributed by atoms with Gasteiger partial charge < -0.3 is 0 Å². The zero-order chi connectivity index (χ0) is 10.7. The van der Waals surface area contributed by atoms with Gasteiger partial charge in [0.05, 0.1) is 0 Å². The standard InChI is InChI=1S/C12H8FNO/c13-11-6-10(7-14-12(11)8-15)9-4-2-1-3-5-9/h1-8H. The van der Waals surface area contributed by atoms with Gasteiger partial charge >= 0.3 is 0 Å². The van der Waals surface area contributed by atoms with Crippen LogP contribution >= 0.6 is 0 Å². The van der Waals surface area contributed by atoms with Crippen LogP contribution in [0.2, 0.25) is 0 Å². The highest BCUT2D eigenvalue weighted by molar-refractivity contribution is 5.74. The van der Waals surface area contributed by atoms with Crippen molar-refractivity contribution in [3.8, 4) is 11.1 Å². The summed E-state index contributed by atoms with van der Waals surface area (Å²) in [5.41, 5.74) is 1.38. The second-order valence-corrected chi connectivity index (χ2v) is 3.07. The number of benzene rings is 1. The molecule has 15 heavy (non-hydrogen) atoms. The topological polar surface area (TPSA) is 30.0 Å². The average molecular weight is 201 g/mol. The number of rotatable bonds is 2. The van der Waals surface area contributed by atoms with E-state index in [4.69, 9.17) is 0 Å². The zero-order valence-corrected chi connectivity index (χ0v) is 7.85. The van der Waals surface area contributed by atoms with Crippen LogP contribution < -0.4 is 0 Å². The highest BCUT2D eigenvalue weighted by atomic mass is 19.1. The second kappa shape index (κ2) is 4.00. The third kappa shape index (κ3) is 1.91. The minimum absolute atomic E-state index is 0.158. The molecule has 0 aliphatic rings. The molecule has 0 atom stereocenters. The first-order valence-electron chi connectivity index (χ1n) is 4.47. The fourth-order valence-corrected chi connectivity index (χ4v) is 1.32. The first-order valence-corrected chi connectivity index (χ1v) is 4.47. The molecule has 1 aromatic carbocycles. The minimum Gasteiger partial charge on any atom is -0.296 e. The van der Waals surface area contributed by atoms with Crippen LogP contribution in [0.4, 0.5) is 4.39 Å². The number of halogens is 1. The summed E-state index contributed by atoms with van der Waals surface area (Å²) in [5.74, 6) is -0.591. The van der Waals surface area contributed by atoms with Gasteiger partial charge in [0.15, 0.2) is 12.1 Å². The Balaban J connectivity index is 2.47. The maximum absolute atomic E-state index is 13.2. The van der Waals surface area contributed by atoms with E-state index >= 15 is 0 Å². The number of aromatic nitrogens is 1. The van der Waals surface area contributed by atoms with Gasteiger partial charge in [-0.05, 0) is 11.6 Å². The molecular weight excluding hydrogens is 193 g/mol. The lowest BCUT2D eigenvalue weighted by atomic mass is 10.1. The number of carbonyl (C=O) groups excluding carboxylic acids is 1. The van der Waals surface area contributed by atoms with Gasteiger partial charge in [-0.2, -0.15) is 0 Å². The molecular formula is C12H8FNO. The van der Waals surface area contributed by atoms with Crippen LogP contribution in [0.25, 0.3) is 11.1 Å². The van der Waals surface area contributed by atoms with Gasteiger partial charge in [0.25, 0.3) is 0 Å². The summed E-state index contributed by atoms with van der Waals surface area (Å²) in [6.45, 7) is 0. The van der Waals surface area contributed by atoms with Crippen molar-refractivity contribution in [3.63, 3.8) is 0 Å². The fourth-order valence-electron chi connectivity index (χ4n) is 1.32. The Morgan fingerprint density at radius 3 is 2.47 bits per heavy atom. The molecule has 0 spiro atoms. The molecule has 74 valence electrons. The maximum Gasteiger partial charge on any atom is 0.171 e. The van der Waals surface area contributed by atoms with Crippen LogP contribution in [-0.2, 0) is 0 Å². The van der Waals surface area contributed by atoms with Crippen LogP contribution in [0.3, 0.4) is 0 Å². The Hall–Kier alpha value is -2.03. The van der Waals surface area contributed by atoms with Gasteiger partial charge in [-0.3, -0.25) is 4.79 Å². The molecule has 0 radical (unpaired) electrons. The van der Waals surface area contributed by atoms with Gasteiger partial charge in [-0.15, -0.1) is 0 Å². The molecule has 0 aliphatic heterocycles. The fraction of sp³-hybridized carbons (Fsp3) is 0. The van der Waals surface area contributed by atoms with E-state index in [1.54, 1.807) is 0 Å². The molecule has 0 bridgehead atoms. The van der Waals surface area contributed by atoms with E-state index in [2.05, 4.69) is 4.98 Å². The van der Waals surface area contributed by atoms with Gasteiger partial charge in [-0.1, -0.05) is 30.3 Å². The van der Waals surface area contributed by atoms with E-state index in [9.17, 15) is 9.18 Å². The molecule has 1 aromatic heterocycles. The van der Waals surface area contributed by atoms with Crippen LogP contribution in [0.5, 0.6) is 0 Å². The quantitative estimate of drug-likeness (QED) is 0.699. The minimum atomic E-state index is -0.591. The van der Waals surface area contributed by atoms with Crippen molar-refractivity contribution in [1.29, 1.82) is 0 Å². The highest BCUT2D eigenvalue weighted by Gasteiger charge is 2.04. The van der Waals surface area contributed by atoms with Crippen molar-refractivity contribution in [1.82, 2.24) is 4.98 Å². The monoisotopic (exact) mass is 201 g/mol. The van der Waals surface area contributed by atoms with Crippen LogP contribution in [0.1, 0.15) is 10.5 Å². The van der Waals surface area contributed by atoms with E-state index in [1.165, 1.54) is 12.3 Å². The Kier molecular flexibility index (Phi) is 2.54. The molecule has 1 heterocycles. The molecule has 2 rings (SSSR count). The SMILES string of the molecule is O=Cc1ncc(-c2ccccc2)cc1F. The molecule has 3 heteroatoms. The summed E-state index contributed by atoms with van der Waals surface area (Å²) in [6.07, 6.45) is 1.90. The van der Waals surface area contributed by atoms with Gasteiger partial charge in [0.1, 0.15) is 5.69 Å². The third-order valence-corrected chi connectivity index (χ3v) is 2.09. The van der Waals surface area contributed by atoms with E-state index in [-0.39, 0.29) is 5.69 Å². The lowest BCUT2D eigenvalue weighted by molar-refractivity contribution is 0.111. The van der Waals surface area contributed by atoms with Crippen LogP contribution in [0.15, 0.2) is 42.6 Å². The van der Waals surface area contributed by atoms with E-state index < -0.39 is 5.82 Å². The molecule has 2 nitrogen and oxygen atoms in total. The molecule has 0 unspecified atom stereocenters. The Morgan fingerprint density at radius 2 is 1.87 bits per heavy atom. The summed E-state index contributed by atoms with van der Waals surface area (Å²) in [5, 5.41) is 0. The summed E-state index contributed by atoms with van der Waals surface area (Å²) < 4.78 is 13.2. The van der Waals surface area contributed by atoms with Gasteiger partial charge in [-0.25, -0.2) is 9.37 Å². The lowest BCUT2D eigenvalue weighted by Crippen LogP contribution is -1.93. The largest absolute Gasteiger partial charge is 0.296 e. The first-order chi connectivity index (χ1) is 7.31. The number of hydrogen-bond donors (Lipinski definition) is 0. The molecule has 0 saturated carbocycles. The van der Waals surface area contributed by atoms with Crippen molar-refractivity contribution in [2.45, 2.75) is 0 Å². The number of nitrogens with zero attached hydrogens (tertiary/aromatic N) is 1. The molecule has 0 fully saturated rings. The van der Waals surface area contributed by atoms with E-state index in [1.807, 2.05) is 30.3 Å². The van der Waals surface area contributed by atoms with Crippen molar-refractivity contribution in [2.75, 3.05) is 0 Å². The summed E-state index contributed by atoms with van der Waals surface area (Å²) in [7, 11) is 0. The lowest BCUT2D eigenvalue weighted by Gasteiger charge is -2.01. The molecule has 2 aromatic rings. The number of carbonyl (C=O) groups is 1. The van der Waals surface area contributed by atoms with Crippen LogP contribution in [0, 0.1) is 5.82 Å². The van der Waals surface area contributed by atoms with Crippen molar-refractivity contribution in [3.05, 3.63) is 54.1 Å². The normalized spacial score (nSPS) is 9.93. The summed E-state index contributed by atoms with van der Waals surface area (Å²) in [4.78, 5) is 14.1. The molecule has 0 N–H and O–H groups in total. The summed E-state index contributed by atoms with van der Waals surface area (Å²) >= 11 is 0. The molecule has 0 aliphatic carbocycles. The molecule has 0 saturated heterocycles. The van der Waals surface area contributed by atoms with Crippen LogP contribution in [-0.4, -0.2) is 11.3 Å². The van der Waals surface area contributed by atoms with Crippen molar-refractivity contribution < 1.29 is 9.18 Å².